The maximum atomic E-state index is 11.3. The van der Waals surface area contributed by atoms with E-state index in [1.807, 2.05) is 34.9 Å². The van der Waals surface area contributed by atoms with Gasteiger partial charge in [-0.25, -0.2) is 9.78 Å². The second-order valence-corrected chi connectivity index (χ2v) is 6.27. The molecule has 0 spiro atoms. The van der Waals surface area contributed by atoms with Crippen molar-refractivity contribution in [1.29, 1.82) is 0 Å². The number of benzene rings is 1. The molecule has 0 radical (unpaired) electrons. The van der Waals surface area contributed by atoms with E-state index in [1.165, 1.54) is 12.3 Å². The predicted octanol–water partition coefficient (Wildman–Crippen LogP) is 3.65. The lowest BCUT2D eigenvalue weighted by Gasteiger charge is -2.10. The number of hydrogen-bond acceptors (Lipinski definition) is 4. The van der Waals surface area contributed by atoms with E-state index in [2.05, 4.69) is 22.1 Å². The lowest BCUT2D eigenvalue weighted by molar-refractivity contribution is 0.0697. The quantitative estimate of drug-likeness (QED) is 0.560. The maximum Gasteiger partial charge on any atom is 0.335 e. The van der Waals surface area contributed by atoms with E-state index < -0.39 is 5.97 Å². The van der Waals surface area contributed by atoms with Crippen LogP contribution in [0.5, 0.6) is 5.75 Å². The molecule has 0 aliphatic rings. The average molecular weight is 371 g/mol. The zero-order valence-electron chi connectivity index (χ0n) is 15.2. The van der Waals surface area contributed by atoms with Gasteiger partial charge < -0.3 is 14.4 Å². The van der Waals surface area contributed by atoms with Crippen LogP contribution in [0.4, 0.5) is 0 Å². The summed E-state index contributed by atoms with van der Waals surface area (Å²) in [5.41, 5.74) is 3.53. The molecule has 0 fully saturated rings. The molecule has 0 saturated heterocycles. The molecule has 2 aromatic heterocycles. The van der Waals surface area contributed by atoms with E-state index in [1.54, 1.807) is 19.2 Å². The van der Waals surface area contributed by atoms with Gasteiger partial charge >= 0.3 is 5.97 Å². The van der Waals surface area contributed by atoms with Crippen molar-refractivity contribution in [3.8, 4) is 17.3 Å². The molecule has 6 nitrogen and oxygen atoms in total. The van der Waals surface area contributed by atoms with Gasteiger partial charge in [0.2, 0.25) is 0 Å². The van der Waals surface area contributed by atoms with Crippen molar-refractivity contribution in [1.82, 2.24) is 14.5 Å². The van der Waals surface area contributed by atoms with Crippen molar-refractivity contribution in [3.63, 3.8) is 0 Å². The van der Waals surface area contributed by atoms with Crippen molar-refractivity contribution in [2.24, 2.45) is 0 Å². The van der Waals surface area contributed by atoms with Gasteiger partial charge in [-0.2, -0.15) is 0 Å². The molecule has 6 heteroatoms. The van der Waals surface area contributed by atoms with Gasteiger partial charge in [-0.1, -0.05) is 24.3 Å². The Morgan fingerprint density at radius 3 is 2.71 bits per heavy atom. The lowest BCUT2D eigenvalue weighted by atomic mass is 10.1. The second kappa shape index (κ2) is 7.41. The highest BCUT2D eigenvalue weighted by atomic mass is 16.5. The van der Waals surface area contributed by atoms with Crippen molar-refractivity contribution >= 4 is 17.0 Å². The fourth-order valence-electron chi connectivity index (χ4n) is 3.10. The van der Waals surface area contributed by atoms with Gasteiger partial charge in [0.05, 0.1) is 23.7 Å². The molecule has 0 unspecified atom stereocenters. The number of nitrogens with zero attached hydrogens (tertiary/aromatic N) is 3. The van der Waals surface area contributed by atoms with Crippen LogP contribution in [0.3, 0.4) is 0 Å². The summed E-state index contributed by atoms with van der Waals surface area (Å²) in [5.74, 6) is 0.447. The monoisotopic (exact) mass is 371 g/mol. The van der Waals surface area contributed by atoms with Crippen LogP contribution in [0, 0.1) is 12.1 Å². The van der Waals surface area contributed by atoms with Gasteiger partial charge in [-0.3, -0.25) is 4.98 Å². The van der Waals surface area contributed by atoms with Gasteiger partial charge in [0.25, 0.3) is 0 Å². The molecule has 2 heterocycles. The molecule has 4 rings (SSSR count). The first kappa shape index (κ1) is 17.6. The summed E-state index contributed by atoms with van der Waals surface area (Å²) in [7, 11) is 1.64. The summed E-state index contributed by atoms with van der Waals surface area (Å²) in [6, 6.07) is 20.4. The smallest absolute Gasteiger partial charge is 0.335 e. The van der Waals surface area contributed by atoms with E-state index in [9.17, 15) is 9.90 Å². The van der Waals surface area contributed by atoms with E-state index in [0.717, 1.165) is 28.8 Å². The highest BCUT2D eigenvalue weighted by Gasteiger charge is 2.15. The normalized spacial score (nSPS) is 10.6. The first-order chi connectivity index (χ1) is 13.7. The van der Waals surface area contributed by atoms with E-state index in [-0.39, 0.29) is 5.56 Å². The number of aryl methyl sites for hydroxylation is 2. The summed E-state index contributed by atoms with van der Waals surface area (Å²) in [6.07, 6.45) is 2.27. The maximum absolute atomic E-state index is 11.3. The molecule has 2 aromatic carbocycles. The molecule has 0 saturated carbocycles. The Labute approximate surface area is 162 Å². The number of hydrogen-bond donors (Lipinski definition) is 1. The van der Waals surface area contributed by atoms with Crippen LogP contribution in [0.1, 0.15) is 15.9 Å². The van der Waals surface area contributed by atoms with E-state index in [0.29, 0.717) is 18.1 Å². The first-order valence-corrected chi connectivity index (χ1v) is 8.76. The Balaban J connectivity index is 1.72. The molecular formula is C22H17N3O3. The largest absolute Gasteiger partial charge is 0.497 e. The van der Waals surface area contributed by atoms with Crippen molar-refractivity contribution < 1.29 is 14.6 Å². The molecule has 0 aliphatic carbocycles. The zero-order valence-corrected chi connectivity index (χ0v) is 15.2. The topological polar surface area (TPSA) is 77.2 Å². The van der Waals surface area contributed by atoms with Crippen LogP contribution >= 0.6 is 0 Å². The van der Waals surface area contributed by atoms with Crippen molar-refractivity contribution in [2.45, 2.75) is 13.0 Å². The number of methoxy groups -OCH3 is 1. The number of aromatic carboxylic acids is 1. The second-order valence-electron chi connectivity index (χ2n) is 6.27. The molecule has 0 amide bonds. The van der Waals surface area contributed by atoms with Crippen molar-refractivity contribution in [2.75, 3.05) is 7.11 Å². The average Bonchev–Trinajstić information content (AvgIpc) is 3.11. The third-order valence-corrected chi connectivity index (χ3v) is 4.56. The predicted molar refractivity (Wildman–Crippen MR) is 104 cm³/mol. The molecular weight excluding hydrogens is 354 g/mol. The van der Waals surface area contributed by atoms with Crippen LogP contribution in [-0.2, 0) is 13.0 Å². The van der Waals surface area contributed by atoms with Gasteiger partial charge in [-0.05, 0) is 36.2 Å². The number of carboxylic acids is 1. The summed E-state index contributed by atoms with van der Waals surface area (Å²) in [5, 5.41) is 9.28. The minimum absolute atomic E-state index is 0.178. The van der Waals surface area contributed by atoms with Gasteiger partial charge in [0.1, 0.15) is 11.4 Å². The Morgan fingerprint density at radius 2 is 1.96 bits per heavy atom. The lowest BCUT2D eigenvalue weighted by Crippen LogP contribution is -2.05. The molecule has 0 bridgehead atoms. The highest BCUT2D eigenvalue weighted by Crippen LogP contribution is 2.24. The summed E-state index contributed by atoms with van der Waals surface area (Å²) in [4.78, 5) is 20.3. The third-order valence-electron chi connectivity index (χ3n) is 4.56. The molecule has 4 aromatic rings. The van der Waals surface area contributed by atoms with E-state index in [4.69, 9.17) is 4.74 Å². The SMILES string of the molecule is COc1ccc(CCn2c(-c3cc(C(=O)O)ccn3)nc3cc#ccc32)cc1. The number of imidazole rings is 1. The van der Waals surface area contributed by atoms with Gasteiger partial charge in [0, 0.05) is 24.9 Å². The molecule has 28 heavy (non-hydrogen) atoms. The highest BCUT2D eigenvalue weighted by molar-refractivity contribution is 5.89. The molecule has 138 valence electrons. The number of rotatable bonds is 6. The number of aromatic nitrogens is 3. The molecule has 1 N–H and O–H groups in total. The Hall–Kier alpha value is -3.85. The summed E-state index contributed by atoms with van der Waals surface area (Å²) < 4.78 is 7.25. The fourth-order valence-corrected chi connectivity index (χ4v) is 3.10. The Morgan fingerprint density at radius 1 is 1.18 bits per heavy atom. The van der Waals surface area contributed by atoms with Gasteiger partial charge in [0.15, 0.2) is 5.82 Å². The minimum Gasteiger partial charge on any atom is -0.497 e. The van der Waals surface area contributed by atoms with Crippen LogP contribution in [0.15, 0.2) is 54.7 Å². The fraction of sp³-hybridized carbons (Fsp3) is 0.136. The number of carbonyl (C=O) groups is 1. The third kappa shape index (κ3) is 3.38. The minimum atomic E-state index is -0.994. The van der Waals surface area contributed by atoms with Crippen LogP contribution in [-0.4, -0.2) is 32.7 Å². The number of fused-ring (bicyclic) bond motifs is 1. The Bertz CT molecular complexity index is 1130. The molecule has 0 aliphatic heterocycles. The number of pyridine rings is 1. The number of ether oxygens (including phenoxy) is 1. The first-order valence-electron chi connectivity index (χ1n) is 8.76. The standard InChI is InChI=1S/C22H17N3O3/c1-28-17-8-6-15(7-9-17)11-13-25-20-5-3-2-4-18(20)24-21(25)19-14-16(22(26)27)10-12-23-19/h4-10,12,14H,11,13H2,1H3,(H,26,27). The van der Waals surface area contributed by atoms with Crippen molar-refractivity contribution in [3.05, 3.63) is 78.0 Å². The summed E-state index contributed by atoms with van der Waals surface area (Å²) in [6.45, 7) is 0.662. The molecule has 0 atom stereocenters. The van der Waals surface area contributed by atoms with Crippen LogP contribution in [0.25, 0.3) is 22.6 Å². The summed E-state index contributed by atoms with van der Waals surface area (Å²) >= 11 is 0. The number of carboxylic acid groups (broad SMARTS) is 1. The van der Waals surface area contributed by atoms with Crippen LogP contribution in [0.2, 0.25) is 0 Å². The van der Waals surface area contributed by atoms with E-state index >= 15 is 0 Å². The Kier molecular flexibility index (Phi) is 4.65. The van der Waals surface area contributed by atoms with Crippen LogP contribution < -0.4 is 4.74 Å². The zero-order chi connectivity index (χ0) is 19.5. The van der Waals surface area contributed by atoms with Gasteiger partial charge in [-0.15, -0.1) is 0 Å².